The van der Waals surface area contributed by atoms with E-state index in [4.69, 9.17) is 0 Å². The quantitative estimate of drug-likeness (QED) is 0.615. The monoisotopic (exact) mass is 251 g/mol. The van der Waals surface area contributed by atoms with Gasteiger partial charge < -0.3 is 15.5 Å². The Morgan fingerprint density at radius 1 is 1.29 bits per heavy atom. The molecule has 2 heterocycles. The van der Waals surface area contributed by atoms with E-state index >= 15 is 0 Å². The number of alkyl halides is 3. The lowest BCUT2D eigenvalue weighted by molar-refractivity contribution is -0.190. The second-order valence-electron chi connectivity index (χ2n) is 4.18. The van der Waals surface area contributed by atoms with E-state index in [1.54, 1.807) is 0 Å². The van der Waals surface area contributed by atoms with E-state index in [0.717, 1.165) is 0 Å². The van der Waals surface area contributed by atoms with Crippen LogP contribution in [0.15, 0.2) is 0 Å². The predicted molar refractivity (Wildman–Crippen MR) is 50.7 cm³/mol. The molecule has 0 atom stereocenters. The number of halogens is 3. The third-order valence-electron chi connectivity index (χ3n) is 3.26. The first-order valence-electron chi connectivity index (χ1n) is 5.26. The molecule has 0 aromatic heterocycles. The van der Waals surface area contributed by atoms with E-state index < -0.39 is 23.5 Å². The summed E-state index contributed by atoms with van der Waals surface area (Å²) in [6.45, 7) is 0.487. The van der Waals surface area contributed by atoms with E-state index in [2.05, 4.69) is 10.6 Å². The second kappa shape index (κ2) is 3.86. The molecule has 2 amide bonds. The number of amides is 2. The fourth-order valence-corrected chi connectivity index (χ4v) is 2.35. The smallest absolute Gasteiger partial charge is 0.336 e. The van der Waals surface area contributed by atoms with Crippen LogP contribution in [-0.2, 0) is 9.59 Å². The van der Waals surface area contributed by atoms with Crippen LogP contribution in [0.3, 0.4) is 0 Å². The van der Waals surface area contributed by atoms with Crippen LogP contribution in [0, 0.1) is 0 Å². The zero-order valence-electron chi connectivity index (χ0n) is 8.93. The number of carbonyl (C=O) groups excluding carboxylic acids is 2. The molecule has 5 nitrogen and oxygen atoms in total. The molecule has 0 unspecified atom stereocenters. The molecule has 2 fully saturated rings. The standard InChI is InChI=1S/C9H12F3N3O2/c10-9(11,12)7(17)15-5-14-6(16)8(15)1-3-13-4-2-8/h13H,1-5H2,(H,14,16). The van der Waals surface area contributed by atoms with Crippen LogP contribution in [0.25, 0.3) is 0 Å². The number of hydrogen-bond acceptors (Lipinski definition) is 3. The van der Waals surface area contributed by atoms with Crippen molar-refractivity contribution >= 4 is 11.8 Å². The summed E-state index contributed by atoms with van der Waals surface area (Å²) in [5, 5.41) is 5.28. The van der Waals surface area contributed by atoms with Crippen molar-refractivity contribution in [3.63, 3.8) is 0 Å². The Bertz CT molecular complexity index is 350. The zero-order valence-corrected chi connectivity index (χ0v) is 8.93. The Morgan fingerprint density at radius 2 is 1.88 bits per heavy atom. The van der Waals surface area contributed by atoms with Crippen molar-refractivity contribution < 1.29 is 22.8 Å². The van der Waals surface area contributed by atoms with Gasteiger partial charge in [-0.2, -0.15) is 13.2 Å². The molecule has 17 heavy (non-hydrogen) atoms. The van der Waals surface area contributed by atoms with Crippen LogP contribution in [0.1, 0.15) is 12.8 Å². The number of nitrogens with one attached hydrogen (secondary N) is 2. The predicted octanol–water partition coefficient (Wildman–Crippen LogP) is -0.413. The van der Waals surface area contributed by atoms with Crippen molar-refractivity contribution in [1.82, 2.24) is 15.5 Å². The van der Waals surface area contributed by atoms with Crippen molar-refractivity contribution in [1.29, 1.82) is 0 Å². The minimum absolute atomic E-state index is 0.209. The molecule has 0 radical (unpaired) electrons. The SMILES string of the molecule is O=C(N1CNC(=O)C12CCNCC2)C(F)(F)F. The van der Waals surface area contributed by atoms with Crippen LogP contribution in [0.2, 0.25) is 0 Å². The molecule has 0 aliphatic carbocycles. The molecule has 0 aromatic rings. The summed E-state index contributed by atoms with van der Waals surface area (Å²) in [5.74, 6) is -2.44. The highest BCUT2D eigenvalue weighted by Gasteiger charge is 2.56. The molecule has 2 N–H and O–H groups in total. The summed E-state index contributed by atoms with van der Waals surface area (Å²) in [7, 11) is 0. The molecule has 2 saturated heterocycles. The van der Waals surface area contributed by atoms with E-state index in [0.29, 0.717) is 18.0 Å². The minimum atomic E-state index is -4.94. The molecule has 2 aliphatic heterocycles. The van der Waals surface area contributed by atoms with Gasteiger partial charge in [0.05, 0.1) is 6.67 Å². The van der Waals surface area contributed by atoms with Crippen molar-refractivity contribution in [2.24, 2.45) is 0 Å². The first kappa shape index (κ1) is 12.2. The Labute approximate surface area is 95.3 Å². The Balaban J connectivity index is 2.28. The number of rotatable bonds is 0. The van der Waals surface area contributed by atoms with Gasteiger partial charge in [0.2, 0.25) is 5.91 Å². The summed E-state index contributed by atoms with van der Waals surface area (Å²) in [5.41, 5.74) is -1.32. The topological polar surface area (TPSA) is 61.4 Å². The van der Waals surface area contributed by atoms with Gasteiger partial charge in [0.15, 0.2) is 0 Å². The second-order valence-corrected chi connectivity index (χ2v) is 4.18. The average molecular weight is 251 g/mol. The fourth-order valence-electron chi connectivity index (χ4n) is 2.35. The first-order valence-corrected chi connectivity index (χ1v) is 5.26. The van der Waals surface area contributed by atoms with Gasteiger partial charge in [-0.05, 0) is 25.9 Å². The fraction of sp³-hybridized carbons (Fsp3) is 0.778. The third-order valence-corrected chi connectivity index (χ3v) is 3.26. The Hall–Kier alpha value is -1.31. The third kappa shape index (κ3) is 1.86. The first-order chi connectivity index (χ1) is 7.88. The van der Waals surface area contributed by atoms with Crippen LogP contribution in [-0.4, -0.2) is 48.2 Å². The van der Waals surface area contributed by atoms with Gasteiger partial charge in [0.1, 0.15) is 5.54 Å². The lowest BCUT2D eigenvalue weighted by Gasteiger charge is -2.38. The van der Waals surface area contributed by atoms with E-state index in [1.165, 1.54) is 0 Å². The van der Waals surface area contributed by atoms with Crippen LogP contribution in [0.4, 0.5) is 13.2 Å². The largest absolute Gasteiger partial charge is 0.471 e. The van der Waals surface area contributed by atoms with Crippen molar-refractivity contribution in [3.05, 3.63) is 0 Å². The van der Waals surface area contributed by atoms with Gasteiger partial charge >= 0.3 is 12.1 Å². The summed E-state index contributed by atoms with van der Waals surface area (Å²) in [6, 6.07) is 0. The zero-order chi connectivity index (χ0) is 12.7. The molecule has 0 bridgehead atoms. The average Bonchev–Trinajstić information content (AvgIpc) is 2.56. The molecule has 0 saturated carbocycles. The number of carbonyl (C=O) groups is 2. The summed E-state index contributed by atoms with van der Waals surface area (Å²) in [4.78, 5) is 23.6. The molecule has 1 spiro atoms. The Morgan fingerprint density at radius 3 is 2.41 bits per heavy atom. The van der Waals surface area contributed by atoms with E-state index in [-0.39, 0.29) is 19.5 Å². The number of hydrogen-bond donors (Lipinski definition) is 2. The van der Waals surface area contributed by atoms with Crippen molar-refractivity contribution in [2.45, 2.75) is 24.6 Å². The van der Waals surface area contributed by atoms with Gasteiger partial charge in [-0.1, -0.05) is 0 Å². The molecule has 8 heteroatoms. The number of nitrogens with zero attached hydrogens (tertiary/aromatic N) is 1. The van der Waals surface area contributed by atoms with Gasteiger partial charge in [0.25, 0.3) is 0 Å². The highest BCUT2D eigenvalue weighted by molar-refractivity contribution is 5.96. The van der Waals surface area contributed by atoms with Crippen LogP contribution < -0.4 is 10.6 Å². The van der Waals surface area contributed by atoms with Gasteiger partial charge in [-0.3, -0.25) is 9.59 Å². The molecule has 96 valence electrons. The summed E-state index contributed by atoms with van der Waals surface area (Å²) < 4.78 is 37.3. The van der Waals surface area contributed by atoms with E-state index in [9.17, 15) is 22.8 Å². The lowest BCUT2D eigenvalue weighted by atomic mass is 9.87. The molecule has 2 aliphatic rings. The van der Waals surface area contributed by atoms with Gasteiger partial charge in [-0.15, -0.1) is 0 Å². The molecular weight excluding hydrogens is 239 g/mol. The van der Waals surface area contributed by atoms with Crippen molar-refractivity contribution in [3.8, 4) is 0 Å². The summed E-state index contributed by atoms with van der Waals surface area (Å²) >= 11 is 0. The normalized spacial score (nSPS) is 23.9. The van der Waals surface area contributed by atoms with Gasteiger partial charge in [-0.25, -0.2) is 0 Å². The maximum absolute atomic E-state index is 12.4. The van der Waals surface area contributed by atoms with Crippen LogP contribution >= 0.6 is 0 Å². The molecule has 0 aromatic carbocycles. The lowest BCUT2D eigenvalue weighted by Crippen LogP contribution is -2.59. The Kier molecular flexibility index (Phi) is 2.76. The van der Waals surface area contributed by atoms with Crippen molar-refractivity contribution in [2.75, 3.05) is 19.8 Å². The highest BCUT2D eigenvalue weighted by atomic mass is 19.4. The number of piperidine rings is 1. The summed E-state index contributed by atoms with van der Waals surface area (Å²) in [6.07, 6.45) is -4.52. The molecular formula is C9H12F3N3O2. The maximum atomic E-state index is 12.4. The molecule has 2 rings (SSSR count). The van der Waals surface area contributed by atoms with Gasteiger partial charge in [0, 0.05) is 0 Å². The van der Waals surface area contributed by atoms with Crippen LogP contribution in [0.5, 0.6) is 0 Å². The maximum Gasteiger partial charge on any atom is 0.471 e. The highest BCUT2D eigenvalue weighted by Crippen LogP contribution is 2.33. The minimum Gasteiger partial charge on any atom is -0.336 e. The van der Waals surface area contributed by atoms with E-state index in [1.807, 2.05) is 0 Å².